The van der Waals surface area contributed by atoms with Crippen molar-refractivity contribution in [3.63, 3.8) is 0 Å². The number of aromatic carboxylic acids is 1. The maximum atomic E-state index is 13.4. The third kappa shape index (κ3) is 3.75. The largest absolute Gasteiger partial charge is 0.478 e. The Balaban J connectivity index is 1.94. The molecular weight excluding hydrogens is 414 g/mol. The van der Waals surface area contributed by atoms with Crippen molar-refractivity contribution < 1.29 is 19.4 Å². The van der Waals surface area contributed by atoms with Crippen LogP contribution in [0.15, 0.2) is 48.5 Å². The van der Waals surface area contributed by atoms with Crippen molar-refractivity contribution in [3.8, 4) is 0 Å². The van der Waals surface area contributed by atoms with Gasteiger partial charge >= 0.3 is 11.9 Å². The minimum Gasteiger partial charge on any atom is -0.478 e. The first kappa shape index (κ1) is 21.5. The Labute approximate surface area is 193 Å². The molecule has 0 amide bonds. The van der Waals surface area contributed by atoms with Gasteiger partial charge in [-0.15, -0.1) is 0 Å². The molecule has 0 saturated heterocycles. The lowest BCUT2D eigenvalue weighted by Crippen LogP contribution is -2.25. The number of hydrogen-bond donors (Lipinski definition) is 1. The molecule has 1 aliphatic carbocycles. The first-order valence-electron chi connectivity index (χ1n) is 11.7. The number of pyridine rings is 1. The standard InChI is InChI=1S/C28H29NO4/c1-28(2,3)33-27(32)23-15-18-11-7-8-12-20(18)25-24(17-9-5-4-6-10-17)21-14-13-19(26(30)31)16-22(21)29(23)25/h7-8,11-17H,4-6,9-10H2,1-3H3,(H,30,31). The van der Waals surface area contributed by atoms with Gasteiger partial charge < -0.3 is 14.2 Å². The van der Waals surface area contributed by atoms with E-state index >= 15 is 0 Å². The highest BCUT2D eigenvalue weighted by atomic mass is 16.6. The number of fused-ring (bicyclic) bond motifs is 5. The van der Waals surface area contributed by atoms with Crippen LogP contribution in [0, 0.1) is 0 Å². The molecule has 1 aliphatic rings. The molecule has 1 N–H and O–H groups in total. The first-order chi connectivity index (χ1) is 15.7. The second kappa shape index (κ2) is 7.91. The van der Waals surface area contributed by atoms with Crippen LogP contribution in [-0.4, -0.2) is 27.0 Å². The summed E-state index contributed by atoms with van der Waals surface area (Å²) >= 11 is 0. The van der Waals surface area contributed by atoms with Crippen molar-refractivity contribution >= 4 is 39.1 Å². The summed E-state index contributed by atoms with van der Waals surface area (Å²) < 4.78 is 7.73. The van der Waals surface area contributed by atoms with Crippen LogP contribution in [0.3, 0.4) is 0 Å². The molecular formula is C28H29NO4. The fraction of sp³-hybridized carbons (Fsp3) is 0.357. The van der Waals surface area contributed by atoms with E-state index < -0.39 is 17.5 Å². The van der Waals surface area contributed by atoms with Crippen molar-refractivity contribution in [2.75, 3.05) is 0 Å². The summed E-state index contributed by atoms with van der Waals surface area (Å²) in [6.07, 6.45) is 5.80. The molecule has 2 heterocycles. The van der Waals surface area contributed by atoms with E-state index in [0.29, 0.717) is 11.6 Å². The number of hydrogen-bond acceptors (Lipinski definition) is 3. The van der Waals surface area contributed by atoms with Crippen molar-refractivity contribution in [3.05, 3.63) is 65.4 Å². The van der Waals surface area contributed by atoms with E-state index in [1.54, 1.807) is 12.1 Å². The third-order valence-corrected chi connectivity index (χ3v) is 6.62. The number of esters is 1. The predicted molar refractivity (Wildman–Crippen MR) is 130 cm³/mol. The van der Waals surface area contributed by atoms with Gasteiger partial charge in [-0.05, 0) is 68.7 Å². The highest BCUT2D eigenvalue weighted by Crippen LogP contribution is 2.43. The highest BCUT2D eigenvalue weighted by molar-refractivity contribution is 6.10. The molecule has 1 fully saturated rings. The van der Waals surface area contributed by atoms with E-state index in [2.05, 4.69) is 6.07 Å². The summed E-state index contributed by atoms with van der Waals surface area (Å²) in [4.78, 5) is 25.2. The summed E-state index contributed by atoms with van der Waals surface area (Å²) in [5.41, 5.74) is 2.96. The van der Waals surface area contributed by atoms with E-state index in [4.69, 9.17) is 4.74 Å². The first-order valence-corrected chi connectivity index (χ1v) is 11.7. The van der Waals surface area contributed by atoms with Crippen molar-refractivity contribution in [2.24, 2.45) is 0 Å². The molecule has 0 bridgehead atoms. The smallest absolute Gasteiger partial charge is 0.355 e. The van der Waals surface area contributed by atoms with Crippen LogP contribution in [0.2, 0.25) is 0 Å². The monoisotopic (exact) mass is 443 g/mol. The molecule has 0 radical (unpaired) electrons. The van der Waals surface area contributed by atoms with E-state index in [9.17, 15) is 14.7 Å². The molecule has 0 spiro atoms. The van der Waals surface area contributed by atoms with Crippen molar-refractivity contribution in [1.82, 2.24) is 4.40 Å². The molecule has 2 aromatic carbocycles. The Morgan fingerprint density at radius 2 is 1.70 bits per heavy atom. The molecule has 0 unspecified atom stereocenters. The van der Waals surface area contributed by atoms with Gasteiger partial charge in [0, 0.05) is 10.8 Å². The summed E-state index contributed by atoms with van der Waals surface area (Å²) in [5.74, 6) is -1.02. The van der Waals surface area contributed by atoms with Crippen LogP contribution in [0.25, 0.3) is 27.2 Å². The summed E-state index contributed by atoms with van der Waals surface area (Å²) in [6, 6.07) is 15.3. The molecule has 2 aromatic heterocycles. The molecule has 0 atom stereocenters. The Kier molecular flexibility index (Phi) is 5.15. The maximum absolute atomic E-state index is 13.4. The molecule has 5 nitrogen and oxygen atoms in total. The van der Waals surface area contributed by atoms with Crippen LogP contribution in [0.5, 0.6) is 0 Å². The van der Waals surface area contributed by atoms with Gasteiger partial charge in [0.05, 0.1) is 16.6 Å². The average molecular weight is 444 g/mol. The number of carbonyl (C=O) groups excluding carboxylic acids is 1. The third-order valence-electron chi connectivity index (χ3n) is 6.62. The van der Waals surface area contributed by atoms with E-state index in [-0.39, 0.29) is 5.56 Å². The average Bonchev–Trinajstić information content (AvgIpc) is 3.12. The highest BCUT2D eigenvalue weighted by Gasteiger charge is 2.28. The molecule has 5 heteroatoms. The second-order valence-electron chi connectivity index (χ2n) is 10.1. The fourth-order valence-electron chi connectivity index (χ4n) is 5.30. The van der Waals surface area contributed by atoms with Gasteiger partial charge in [-0.1, -0.05) is 49.6 Å². The Morgan fingerprint density at radius 1 is 0.970 bits per heavy atom. The summed E-state index contributed by atoms with van der Waals surface area (Å²) in [6.45, 7) is 5.56. The lowest BCUT2D eigenvalue weighted by molar-refractivity contribution is 0.00617. The summed E-state index contributed by atoms with van der Waals surface area (Å²) in [7, 11) is 0. The number of benzene rings is 2. The van der Waals surface area contributed by atoms with Crippen molar-refractivity contribution in [2.45, 2.75) is 64.4 Å². The summed E-state index contributed by atoms with van der Waals surface area (Å²) in [5, 5.41) is 12.7. The van der Waals surface area contributed by atoms with E-state index in [1.165, 1.54) is 24.8 Å². The van der Waals surface area contributed by atoms with Gasteiger partial charge in [-0.3, -0.25) is 0 Å². The SMILES string of the molecule is CC(C)(C)OC(=O)c1cc2ccccc2c2c(C3CCCCC3)c3ccc(C(=O)O)cc3n12. The Bertz CT molecular complexity index is 1400. The van der Waals surface area contributed by atoms with Crippen LogP contribution in [-0.2, 0) is 4.74 Å². The zero-order valence-electron chi connectivity index (χ0n) is 19.4. The molecule has 1 saturated carbocycles. The van der Waals surface area contributed by atoms with Gasteiger partial charge in [0.25, 0.3) is 0 Å². The van der Waals surface area contributed by atoms with Gasteiger partial charge in [-0.25, -0.2) is 9.59 Å². The lowest BCUT2D eigenvalue weighted by atomic mass is 9.82. The predicted octanol–water partition coefficient (Wildman–Crippen LogP) is 6.95. The Hall–Kier alpha value is -3.34. The number of carbonyl (C=O) groups is 2. The normalized spacial score (nSPS) is 15.4. The Morgan fingerprint density at radius 3 is 2.39 bits per heavy atom. The van der Waals surface area contributed by atoms with Crippen LogP contribution < -0.4 is 0 Å². The van der Waals surface area contributed by atoms with Gasteiger partial charge in [-0.2, -0.15) is 0 Å². The molecule has 170 valence electrons. The van der Waals surface area contributed by atoms with Gasteiger partial charge in [0.1, 0.15) is 11.3 Å². The molecule has 5 rings (SSSR count). The molecule has 33 heavy (non-hydrogen) atoms. The fourth-order valence-corrected chi connectivity index (χ4v) is 5.30. The zero-order valence-corrected chi connectivity index (χ0v) is 19.4. The minimum absolute atomic E-state index is 0.209. The molecule has 0 aliphatic heterocycles. The number of carboxylic acid groups (broad SMARTS) is 1. The quantitative estimate of drug-likeness (QED) is 0.348. The van der Waals surface area contributed by atoms with Crippen LogP contribution in [0.1, 0.15) is 85.2 Å². The van der Waals surface area contributed by atoms with E-state index in [0.717, 1.165) is 40.0 Å². The zero-order chi connectivity index (χ0) is 23.3. The topological polar surface area (TPSA) is 68.0 Å². The minimum atomic E-state index is -0.981. The number of carboxylic acids is 1. The number of ether oxygens (including phenoxy) is 1. The van der Waals surface area contributed by atoms with Crippen LogP contribution in [0.4, 0.5) is 0 Å². The molecule has 4 aromatic rings. The number of nitrogens with zero attached hydrogens (tertiary/aromatic N) is 1. The van der Waals surface area contributed by atoms with E-state index in [1.807, 2.05) is 55.5 Å². The number of aromatic nitrogens is 1. The van der Waals surface area contributed by atoms with Crippen molar-refractivity contribution in [1.29, 1.82) is 0 Å². The second-order valence-corrected chi connectivity index (χ2v) is 10.1. The lowest BCUT2D eigenvalue weighted by Gasteiger charge is -2.23. The maximum Gasteiger partial charge on any atom is 0.355 e. The number of rotatable bonds is 3. The van der Waals surface area contributed by atoms with Gasteiger partial charge in [0.15, 0.2) is 0 Å². The van der Waals surface area contributed by atoms with Gasteiger partial charge in [0.2, 0.25) is 0 Å². The van der Waals surface area contributed by atoms with Crippen LogP contribution >= 0.6 is 0 Å².